The monoisotopic (exact) mass is 392 g/mol. The van der Waals surface area contributed by atoms with Gasteiger partial charge in [-0.3, -0.25) is 4.79 Å². The van der Waals surface area contributed by atoms with E-state index in [1.165, 1.54) is 15.6 Å². The second-order valence-corrected chi connectivity index (χ2v) is 9.78. The van der Waals surface area contributed by atoms with Crippen molar-refractivity contribution < 1.29 is 13.2 Å². The highest BCUT2D eigenvalue weighted by Gasteiger charge is 2.35. The molecule has 0 unspecified atom stereocenters. The highest BCUT2D eigenvalue weighted by molar-refractivity contribution is 7.91. The average molecular weight is 393 g/mol. The molecule has 1 N–H and O–H groups in total. The van der Waals surface area contributed by atoms with Crippen LogP contribution in [0.25, 0.3) is 0 Å². The first-order chi connectivity index (χ1) is 12.4. The van der Waals surface area contributed by atoms with Crippen LogP contribution in [0.2, 0.25) is 0 Å². The molecule has 1 fully saturated rings. The smallest absolute Gasteiger partial charge is 0.252 e. The molecule has 0 radical (unpaired) electrons. The van der Waals surface area contributed by atoms with Gasteiger partial charge in [0.25, 0.3) is 10.0 Å². The van der Waals surface area contributed by atoms with Crippen molar-refractivity contribution in [1.29, 1.82) is 0 Å². The molecule has 26 heavy (non-hydrogen) atoms. The topological polar surface area (TPSA) is 66.5 Å². The summed E-state index contributed by atoms with van der Waals surface area (Å²) >= 11 is 1.22. The summed E-state index contributed by atoms with van der Waals surface area (Å²) in [6, 6.07) is 8.94. The van der Waals surface area contributed by atoms with Gasteiger partial charge in [-0.1, -0.05) is 30.7 Å². The van der Waals surface area contributed by atoms with E-state index in [4.69, 9.17) is 0 Å². The van der Waals surface area contributed by atoms with Crippen LogP contribution >= 0.6 is 11.3 Å². The molecule has 1 amide bonds. The maximum Gasteiger partial charge on any atom is 0.252 e. The number of hydrogen-bond donors (Lipinski definition) is 1. The molecule has 0 spiro atoms. The van der Waals surface area contributed by atoms with Gasteiger partial charge < -0.3 is 5.32 Å². The fourth-order valence-electron chi connectivity index (χ4n) is 3.44. The van der Waals surface area contributed by atoms with Crippen molar-refractivity contribution in [3.05, 3.63) is 46.8 Å². The number of amides is 1. The largest absolute Gasteiger partial charge is 0.326 e. The first kappa shape index (κ1) is 19.1. The molecule has 1 saturated heterocycles. The molecule has 0 aliphatic carbocycles. The number of piperidine rings is 1. The molecular formula is C19H24N2O3S2. The highest BCUT2D eigenvalue weighted by Crippen LogP contribution is 2.29. The number of aryl methyl sites for hydroxylation is 2. The molecule has 1 aliphatic rings. The van der Waals surface area contributed by atoms with Gasteiger partial charge in [0.15, 0.2) is 0 Å². The van der Waals surface area contributed by atoms with Crippen LogP contribution in [0.5, 0.6) is 0 Å². The molecular weight excluding hydrogens is 368 g/mol. The van der Waals surface area contributed by atoms with E-state index >= 15 is 0 Å². The van der Waals surface area contributed by atoms with Crippen molar-refractivity contribution in [3.8, 4) is 0 Å². The predicted octanol–water partition coefficient (Wildman–Crippen LogP) is 3.94. The Hall–Kier alpha value is -1.70. The maximum atomic E-state index is 12.9. The fourth-order valence-corrected chi connectivity index (χ4v) is 6.25. The highest BCUT2D eigenvalue weighted by atomic mass is 32.2. The minimum absolute atomic E-state index is 0.138. The number of rotatable bonds is 5. The summed E-state index contributed by atoms with van der Waals surface area (Å²) in [5.41, 5.74) is 2.83. The van der Waals surface area contributed by atoms with Crippen LogP contribution in [0, 0.1) is 13.8 Å². The second-order valence-electron chi connectivity index (χ2n) is 6.72. The van der Waals surface area contributed by atoms with E-state index in [-0.39, 0.29) is 18.4 Å². The number of carbonyl (C=O) groups excluding carboxylic acids is 1. The molecule has 140 valence electrons. The van der Waals surface area contributed by atoms with Crippen LogP contribution in [0.3, 0.4) is 0 Å². The lowest BCUT2D eigenvalue weighted by atomic mass is 10.0. The number of anilines is 1. The summed E-state index contributed by atoms with van der Waals surface area (Å²) in [6.45, 7) is 4.38. The van der Waals surface area contributed by atoms with E-state index in [2.05, 4.69) is 5.32 Å². The molecule has 2 heterocycles. The quantitative estimate of drug-likeness (QED) is 0.838. The zero-order valence-electron chi connectivity index (χ0n) is 15.1. The van der Waals surface area contributed by atoms with Crippen molar-refractivity contribution in [2.24, 2.45) is 0 Å². The van der Waals surface area contributed by atoms with Gasteiger partial charge in [0, 0.05) is 24.7 Å². The lowest BCUT2D eigenvalue weighted by Crippen LogP contribution is -2.45. The number of nitrogens with zero attached hydrogens (tertiary/aromatic N) is 1. The number of hydrogen-bond acceptors (Lipinski definition) is 4. The van der Waals surface area contributed by atoms with Crippen LogP contribution < -0.4 is 5.32 Å². The summed E-state index contributed by atoms with van der Waals surface area (Å²) in [5, 5.41) is 4.74. The number of nitrogens with one attached hydrogen (secondary N) is 1. The second kappa shape index (κ2) is 7.90. The summed E-state index contributed by atoms with van der Waals surface area (Å²) in [5.74, 6) is -0.138. The van der Waals surface area contributed by atoms with Crippen molar-refractivity contribution in [1.82, 2.24) is 4.31 Å². The van der Waals surface area contributed by atoms with Crippen molar-refractivity contribution >= 4 is 33.0 Å². The summed E-state index contributed by atoms with van der Waals surface area (Å²) in [6.07, 6.45) is 2.67. The van der Waals surface area contributed by atoms with E-state index in [0.717, 1.165) is 29.7 Å². The Bertz CT molecular complexity index is 856. The van der Waals surface area contributed by atoms with Crippen LogP contribution in [0.4, 0.5) is 5.69 Å². The molecule has 1 aromatic heterocycles. The Morgan fingerprint density at radius 2 is 1.92 bits per heavy atom. The van der Waals surface area contributed by atoms with Gasteiger partial charge in [0.05, 0.1) is 0 Å². The minimum Gasteiger partial charge on any atom is -0.326 e. The van der Waals surface area contributed by atoms with Crippen LogP contribution in [-0.2, 0) is 14.8 Å². The van der Waals surface area contributed by atoms with E-state index < -0.39 is 10.0 Å². The summed E-state index contributed by atoms with van der Waals surface area (Å²) in [4.78, 5) is 12.6. The van der Waals surface area contributed by atoms with Gasteiger partial charge >= 0.3 is 0 Å². The molecule has 0 bridgehead atoms. The SMILES string of the molecule is Cc1cccc(C)c1NC(=O)C[C@@H]1CCCCN1S(=O)(=O)c1cccs1. The normalized spacial score (nSPS) is 18.6. The van der Waals surface area contributed by atoms with E-state index in [1.807, 2.05) is 32.0 Å². The number of carbonyl (C=O) groups is 1. The van der Waals surface area contributed by atoms with E-state index in [0.29, 0.717) is 17.2 Å². The van der Waals surface area contributed by atoms with Gasteiger partial charge in [-0.25, -0.2) is 8.42 Å². The molecule has 2 aromatic rings. The van der Waals surface area contributed by atoms with Crippen LogP contribution in [0.1, 0.15) is 36.8 Å². The third-order valence-corrected chi connectivity index (χ3v) is 8.12. The zero-order chi connectivity index (χ0) is 18.7. The Morgan fingerprint density at radius 3 is 2.58 bits per heavy atom. The number of benzene rings is 1. The lowest BCUT2D eigenvalue weighted by molar-refractivity contribution is -0.117. The Kier molecular flexibility index (Phi) is 5.79. The number of sulfonamides is 1. The van der Waals surface area contributed by atoms with E-state index in [1.54, 1.807) is 17.5 Å². The average Bonchev–Trinajstić information content (AvgIpc) is 3.14. The fraction of sp³-hybridized carbons (Fsp3) is 0.421. The van der Waals surface area contributed by atoms with Gasteiger partial charge in [-0.15, -0.1) is 11.3 Å². The molecule has 5 nitrogen and oxygen atoms in total. The van der Waals surface area contributed by atoms with Crippen molar-refractivity contribution in [3.63, 3.8) is 0 Å². The molecule has 0 saturated carbocycles. The van der Waals surface area contributed by atoms with Gasteiger partial charge in [-0.2, -0.15) is 4.31 Å². The van der Waals surface area contributed by atoms with Crippen molar-refractivity contribution in [2.45, 2.75) is 49.8 Å². The lowest BCUT2D eigenvalue weighted by Gasteiger charge is -2.34. The van der Waals surface area contributed by atoms with Gasteiger partial charge in [0.2, 0.25) is 5.91 Å². The van der Waals surface area contributed by atoms with Crippen LogP contribution in [-0.4, -0.2) is 31.2 Å². The molecule has 1 aliphatic heterocycles. The molecule has 1 aromatic carbocycles. The first-order valence-corrected chi connectivity index (χ1v) is 11.1. The number of para-hydroxylation sites is 1. The molecule has 3 rings (SSSR count). The number of thiophene rings is 1. The third kappa shape index (κ3) is 4.00. The zero-order valence-corrected chi connectivity index (χ0v) is 16.7. The predicted molar refractivity (Wildman–Crippen MR) is 105 cm³/mol. The third-order valence-electron chi connectivity index (χ3n) is 4.80. The Labute approximate surface area is 159 Å². The van der Waals surface area contributed by atoms with Crippen LogP contribution in [0.15, 0.2) is 39.9 Å². The maximum absolute atomic E-state index is 12.9. The molecule has 7 heteroatoms. The summed E-state index contributed by atoms with van der Waals surface area (Å²) in [7, 11) is -3.53. The standard InChI is InChI=1S/C19H24N2O3S2/c1-14-7-5-8-15(2)19(14)20-17(22)13-16-9-3-4-11-21(16)26(23,24)18-10-6-12-25-18/h5-8,10,12,16H,3-4,9,11,13H2,1-2H3,(H,20,22)/t16-/m0/s1. The minimum atomic E-state index is -3.53. The Balaban J connectivity index is 1.76. The van der Waals surface area contributed by atoms with E-state index in [9.17, 15) is 13.2 Å². The van der Waals surface area contributed by atoms with Gasteiger partial charge in [0.1, 0.15) is 4.21 Å². The Morgan fingerprint density at radius 1 is 1.19 bits per heavy atom. The molecule has 1 atom stereocenters. The van der Waals surface area contributed by atoms with Crippen molar-refractivity contribution in [2.75, 3.05) is 11.9 Å². The first-order valence-electron chi connectivity index (χ1n) is 8.81. The summed E-state index contributed by atoms with van der Waals surface area (Å²) < 4.78 is 27.7. The van der Waals surface area contributed by atoms with Gasteiger partial charge in [-0.05, 0) is 49.3 Å².